The van der Waals surface area contributed by atoms with Gasteiger partial charge in [0.25, 0.3) is 5.88 Å². The molecule has 1 fully saturated rings. The Morgan fingerprint density at radius 1 is 1.32 bits per heavy atom. The number of nitrogens with zero attached hydrogens (tertiary/aromatic N) is 3. The Kier molecular flexibility index (Phi) is 7.53. The number of esters is 1. The second-order valence-corrected chi connectivity index (χ2v) is 8.92. The van der Waals surface area contributed by atoms with E-state index in [0.717, 1.165) is 0 Å². The Hall–Kier alpha value is -2.62. The molecule has 1 aromatic rings. The number of aliphatic hydroxyl groups excluding tert-OH is 1. The molecule has 1 aromatic heterocycles. The van der Waals surface area contributed by atoms with Crippen LogP contribution in [0.2, 0.25) is 0 Å². The van der Waals surface area contributed by atoms with Gasteiger partial charge in [0, 0.05) is 18.4 Å². The molecule has 0 radical (unpaired) electrons. The first-order chi connectivity index (χ1) is 15.0. The monoisotopic (exact) mass is 439 g/mol. The Morgan fingerprint density at radius 2 is 2.03 bits per heavy atom. The maximum absolute atomic E-state index is 13.1. The number of hydrogen-bond acceptors (Lipinski definition) is 9. The summed E-state index contributed by atoms with van der Waals surface area (Å²) >= 11 is 0. The number of aromatic nitrogens is 2. The normalized spacial score (nSPS) is 21.6. The SMILES string of the molecule is [3H]OCCC[C@H]1C[C@H](CCOC(=O)C(C)(C)C)[C@@H](Oc2nc(C)nc(C)c2[N+](=O)[O-])C1=O. The summed E-state index contributed by atoms with van der Waals surface area (Å²) in [7, 11) is 0. The van der Waals surface area contributed by atoms with Gasteiger partial charge in [0.15, 0.2) is 11.9 Å². The van der Waals surface area contributed by atoms with Crippen molar-refractivity contribution in [2.45, 2.75) is 66.4 Å². The molecule has 3 atom stereocenters. The van der Waals surface area contributed by atoms with Crippen molar-refractivity contribution in [3.8, 4) is 5.88 Å². The molecule has 0 amide bonds. The van der Waals surface area contributed by atoms with Crippen molar-refractivity contribution in [2.75, 3.05) is 13.2 Å². The van der Waals surface area contributed by atoms with Gasteiger partial charge in [-0.25, -0.2) is 4.98 Å². The lowest BCUT2D eigenvalue weighted by Crippen LogP contribution is -2.32. The third-order valence-electron chi connectivity index (χ3n) is 5.29. The fraction of sp³-hybridized carbons (Fsp3) is 0.714. The van der Waals surface area contributed by atoms with Crippen LogP contribution in [0.5, 0.6) is 5.88 Å². The standard InChI is InChI=1S/C21H31N3O7/c1-12-16(24(28)29)19(23-13(2)22-12)31-18-15(8-10-30-20(27)21(3,4)5)11-14(17(18)26)7-6-9-25/h14-15,18,25H,6-11H2,1-5H3/t14-,15-,18+/m0/s1/i25T. The number of nitro groups is 1. The first-order valence-electron chi connectivity index (χ1n) is 10.8. The fourth-order valence-electron chi connectivity index (χ4n) is 3.69. The van der Waals surface area contributed by atoms with E-state index in [4.69, 9.17) is 10.9 Å². The van der Waals surface area contributed by atoms with E-state index < -0.39 is 16.4 Å². The van der Waals surface area contributed by atoms with E-state index in [2.05, 4.69) is 15.1 Å². The fourth-order valence-corrected chi connectivity index (χ4v) is 3.69. The second kappa shape index (κ2) is 10.1. The molecular weight excluding hydrogens is 406 g/mol. The highest BCUT2D eigenvalue weighted by molar-refractivity contribution is 5.88. The Bertz CT molecular complexity index is 857. The summed E-state index contributed by atoms with van der Waals surface area (Å²) in [5.41, 5.74) is -0.855. The number of Topliss-reactive ketones (excluding diaryl/α,β-unsaturated/α-hetero) is 1. The number of aryl methyl sites for hydroxylation is 2. The van der Waals surface area contributed by atoms with E-state index in [9.17, 15) is 19.7 Å². The van der Waals surface area contributed by atoms with Gasteiger partial charge in [0.1, 0.15) is 11.5 Å². The lowest BCUT2D eigenvalue weighted by molar-refractivity contribution is -0.387. The molecule has 31 heavy (non-hydrogen) atoms. The van der Waals surface area contributed by atoms with Crippen LogP contribution in [0.25, 0.3) is 0 Å². The number of aliphatic hydroxyl groups is 1. The largest absolute Gasteiger partial charge is 0.465 e. The van der Waals surface area contributed by atoms with Gasteiger partial charge < -0.3 is 14.6 Å². The molecule has 1 aliphatic carbocycles. The first-order valence-corrected chi connectivity index (χ1v) is 10.4. The zero-order valence-corrected chi connectivity index (χ0v) is 18.7. The lowest BCUT2D eigenvalue weighted by atomic mass is 9.97. The lowest BCUT2D eigenvalue weighted by Gasteiger charge is -2.21. The van der Waals surface area contributed by atoms with Crippen molar-refractivity contribution in [3.63, 3.8) is 0 Å². The van der Waals surface area contributed by atoms with Crippen molar-refractivity contribution < 1.29 is 29.1 Å². The van der Waals surface area contributed by atoms with Crippen LogP contribution in [-0.4, -0.2) is 52.5 Å². The van der Waals surface area contributed by atoms with Crippen molar-refractivity contribution >= 4 is 17.4 Å². The zero-order valence-electron chi connectivity index (χ0n) is 19.7. The van der Waals surface area contributed by atoms with Crippen LogP contribution in [0.1, 0.15) is 58.0 Å². The summed E-state index contributed by atoms with van der Waals surface area (Å²) in [5, 5.41) is 15.9. The predicted octanol–water partition coefficient (Wildman–Crippen LogP) is 2.71. The van der Waals surface area contributed by atoms with Gasteiger partial charge in [-0.1, -0.05) is 0 Å². The van der Waals surface area contributed by atoms with Crippen molar-refractivity contribution in [3.05, 3.63) is 21.6 Å². The van der Waals surface area contributed by atoms with E-state index in [-0.39, 0.29) is 54.1 Å². The summed E-state index contributed by atoms with van der Waals surface area (Å²) in [5.74, 6) is -1.08. The highest BCUT2D eigenvalue weighted by Crippen LogP contribution is 2.38. The summed E-state index contributed by atoms with van der Waals surface area (Å²) in [4.78, 5) is 44.2. The molecule has 0 aromatic carbocycles. The number of carbonyl (C=O) groups is 2. The first kappa shape index (κ1) is 23.1. The number of rotatable bonds is 10. The van der Waals surface area contributed by atoms with Gasteiger partial charge in [-0.05, 0) is 60.3 Å². The molecule has 0 spiro atoms. The minimum atomic E-state index is -0.947. The second-order valence-electron chi connectivity index (χ2n) is 8.92. The van der Waals surface area contributed by atoms with Gasteiger partial charge in [0.2, 0.25) is 1.43 Å². The third-order valence-corrected chi connectivity index (χ3v) is 5.29. The zero-order chi connectivity index (χ0) is 24.1. The Labute approximate surface area is 183 Å². The van der Waals surface area contributed by atoms with Gasteiger partial charge in [0.05, 0.1) is 16.9 Å². The Balaban J connectivity index is 2.22. The number of ketones is 1. The van der Waals surface area contributed by atoms with Gasteiger partial charge in [-0.3, -0.25) is 19.7 Å². The van der Waals surface area contributed by atoms with Crippen molar-refractivity contribution in [1.29, 1.82) is 1.43 Å². The molecule has 0 bridgehead atoms. The summed E-state index contributed by atoms with van der Waals surface area (Å²) in [6.07, 6.45) is 0.966. The molecule has 0 aliphatic heterocycles. The van der Waals surface area contributed by atoms with Gasteiger partial charge >= 0.3 is 11.7 Å². The minimum Gasteiger partial charge on any atom is -0.465 e. The molecule has 1 aliphatic rings. The van der Waals surface area contributed by atoms with Crippen molar-refractivity contribution in [2.24, 2.45) is 17.3 Å². The molecule has 1 saturated carbocycles. The third kappa shape index (κ3) is 6.19. The maximum atomic E-state index is 13.1. The quantitative estimate of drug-likeness (QED) is 0.252. The van der Waals surface area contributed by atoms with Crippen LogP contribution in [0.4, 0.5) is 5.69 Å². The van der Waals surface area contributed by atoms with Crippen LogP contribution in [0.15, 0.2) is 0 Å². The molecule has 1 N–H and O–H groups in total. The molecule has 10 heteroatoms. The average molecular weight is 440 g/mol. The highest BCUT2D eigenvalue weighted by Gasteiger charge is 2.44. The Morgan fingerprint density at radius 3 is 2.65 bits per heavy atom. The van der Waals surface area contributed by atoms with E-state index >= 15 is 0 Å². The molecular formula is C21H31N3O7. The van der Waals surface area contributed by atoms with E-state index in [1.165, 1.54) is 6.92 Å². The molecule has 0 saturated heterocycles. The van der Waals surface area contributed by atoms with Crippen LogP contribution < -0.4 is 4.74 Å². The van der Waals surface area contributed by atoms with E-state index in [1.54, 1.807) is 27.7 Å². The molecule has 172 valence electrons. The number of ether oxygens (including phenoxy) is 2. The smallest absolute Gasteiger partial charge is 0.351 e. The van der Waals surface area contributed by atoms with E-state index in [0.29, 0.717) is 31.5 Å². The summed E-state index contributed by atoms with van der Waals surface area (Å²) < 4.78 is 18.0. The number of hydrogen-bond donors (Lipinski definition) is 1. The van der Waals surface area contributed by atoms with Crippen molar-refractivity contribution in [1.82, 2.24) is 9.97 Å². The highest BCUT2D eigenvalue weighted by atomic mass is 16.6. The molecule has 10 nitrogen and oxygen atoms in total. The van der Waals surface area contributed by atoms with E-state index in [1.807, 2.05) is 0 Å². The topological polar surface area (TPSA) is 142 Å². The van der Waals surface area contributed by atoms with Gasteiger partial charge in [-0.15, -0.1) is 0 Å². The minimum absolute atomic E-state index is 0.111. The van der Waals surface area contributed by atoms with Crippen LogP contribution >= 0.6 is 0 Å². The van der Waals surface area contributed by atoms with Crippen LogP contribution in [0.3, 0.4) is 0 Å². The molecule has 2 rings (SSSR count). The molecule has 1 heterocycles. The average Bonchev–Trinajstić information content (AvgIpc) is 2.95. The predicted molar refractivity (Wildman–Crippen MR) is 111 cm³/mol. The number of carbonyl (C=O) groups excluding carboxylic acids is 2. The van der Waals surface area contributed by atoms with Crippen LogP contribution in [0, 0.1) is 41.2 Å². The van der Waals surface area contributed by atoms with Gasteiger partial charge in [-0.2, -0.15) is 4.98 Å². The molecule has 0 unspecified atom stereocenters. The summed E-state index contributed by atoms with van der Waals surface area (Å²) in [6.45, 7) is 8.66. The maximum Gasteiger partial charge on any atom is 0.351 e. The van der Waals surface area contributed by atoms with Crippen LogP contribution in [-0.2, 0) is 14.3 Å². The summed E-state index contributed by atoms with van der Waals surface area (Å²) in [6, 6.07) is 0.